The smallest absolute Gasteiger partial charge is 0.263 e. The lowest BCUT2D eigenvalue weighted by atomic mass is 10.0. The monoisotopic (exact) mass is 477 g/mol. The van der Waals surface area contributed by atoms with Gasteiger partial charge in [-0.25, -0.2) is 13.4 Å². The molecule has 1 atom stereocenters. The van der Waals surface area contributed by atoms with E-state index in [1.54, 1.807) is 17.6 Å². The van der Waals surface area contributed by atoms with Gasteiger partial charge < -0.3 is 4.74 Å². The van der Waals surface area contributed by atoms with E-state index >= 15 is 0 Å². The SMILES string of the molecule is C[C@@H](c1ccccc1)N1CCC(Oc2ccc(S(=O)(=O)Nc3nccs3)cc2Cl)CC1. The molecule has 0 amide bonds. The number of hydrogen-bond donors (Lipinski definition) is 1. The lowest BCUT2D eigenvalue weighted by Crippen LogP contribution is -2.39. The van der Waals surface area contributed by atoms with Crippen LogP contribution >= 0.6 is 22.9 Å². The van der Waals surface area contributed by atoms with Gasteiger partial charge in [-0.05, 0) is 43.5 Å². The van der Waals surface area contributed by atoms with Crippen molar-refractivity contribution < 1.29 is 13.2 Å². The lowest BCUT2D eigenvalue weighted by molar-refractivity contribution is 0.0797. The summed E-state index contributed by atoms with van der Waals surface area (Å²) in [6, 6.07) is 15.4. The van der Waals surface area contributed by atoms with Crippen molar-refractivity contribution in [2.45, 2.75) is 36.8 Å². The van der Waals surface area contributed by atoms with Crippen LogP contribution < -0.4 is 9.46 Å². The molecule has 3 aromatic rings. The number of rotatable bonds is 7. The highest BCUT2D eigenvalue weighted by Gasteiger charge is 2.25. The summed E-state index contributed by atoms with van der Waals surface area (Å²) < 4.78 is 33.6. The Bertz CT molecular complexity index is 1100. The first-order chi connectivity index (χ1) is 14.9. The Kier molecular flexibility index (Phi) is 6.81. The van der Waals surface area contributed by atoms with Gasteiger partial charge in [0.05, 0.1) is 9.92 Å². The molecule has 6 nitrogen and oxygen atoms in total. The molecular formula is C22H24ClN3O3S2. The fourth-order valence-corrected chi connectivity index (χ4v) is 5.80. The van der Waals surface area contributed by atoms with Crippen molar-refractivity contribution in [1.82, 2.24) is 9.88 Å². The molecule has 1 saturated heterocycles. The quantitative estimate of drug-likeness (QED) is 0.506. The molecule has 0 unspecified atom stereocenters. The third-order valence-electron chi connectivity index (χ3n) is 5.47. The standard InChI is InChI=1S/C22H24ClN3O3S2/c1-16(17-5-3-2-4-6-17)26-12-9-18(10-13-26)29-21-8-7-19(15-20(21)23)31(27,28)25-22-24-11-14-30-22/h2-8,11,14-16,18H,9-10,12-13H2,1H3,(H,24,25)/t16-/m0/s1. The fraction of sp³-hybridized carbons (Fsp3) is 0.318. The van der Waals surface area contributed by atoms with Crippen molar-refractivity contribution in [2.75, 3.05) is 17.8 Å². The summed E-state index contributed by atoms with van der Waals surface area (Å²) in [5.74, 6) is 0.504. The Hall–Kier alpha value is -2.13. The van der Waals surface area contributed by atoms with Gasteiger partial charge >= 0.3 is 0 Å². The van der Waals surface area contributed by atoms with E-state index in [1.807, 2.05) is 6.07 Å². The molecule has 1 fully saturated rings. The predicted octanol–water partition coefficient (Wildman–Crippen LogP) is 5.20. The largest absolute Gasteiger partial charge is 0.489 e. The van der Waals surface area contributed by atoms with E-state index < -0.39 is 10.0 Å². The van der Waals surface area contributed by atoms with Crippen molar-refractivity contribution in [3.8, 4) is 5.75 Å². The first kappa shape index (κ1) is 22.1. The van der Waals surface area contributed by atoms with Crippen LogP contribution in [0.15, 0.2) is 65.0 Å². The number of ether oxygens (including phenoxy) is 1. The van der Waals surface area contributed by atoms with Gasteiger partial charge in [-0.2, -0.15) is 0 Å². The molecule has 31 heavy (non-hydrogen) atoms. The molecule has 0 spiro atoms. The average molecular weight is 478 g/mol. The number of piperidine rings is 1. The summed E-state index contributed by atoms with van der Waals surface area (Å²) in [6.07, 6.45) is 3.36. The number of anilines is 1. The molecule has 0 bridgehead atoms. The number of sulfonamides is 1. The first-order valence-corrected chi connectivity index (χ1v) is 12.8. The second-order valence-corrected chi connectivity index (χ2v) is 10.5. The number of benzene rings is 2. The third-order valence-corrected chi connectivity index (χ3v) is 7.92. The zero-order valence-corrected chi connectivity index (χ0v) is 19.5. The molecule has 1 aromatic heterocycles. The van der Waals surface area contributed by atoms with Crippen LogP contribution in [0.3, 0.4) is 0 Å². The van der Waals surface area contributed by atoms with Crippen molar-refractivity contribution >= 4 is 38.1 Å². The predicted molar refractivity (Wildman–Crippen MR) is 124 cm³/mol. The van der Waals surface area contributed by atoms with Gasteiger partial charge in [-0.1, -0.05) is 41.9 Å². The van der Waals surface area contributed by atoms with Gasteiger partial charge in [-0.15, -0.1) is 11.3 Å². The van der Waals surface area contributed by atoms with E-state index in [9.17, 15) is 8.42 Å². The van der Waals surface area contributed by atoms with Crippen LogP contribution in [0.5, 0.6) is 5.75 Å². The molecule has 9 heteroatoms. The Labute approximate surface area is 191 Å². The minimum Gasteiger partial charge on any atom is -0.489 e. The van der Waals surface area contributed by atoms with Crippen LogP contribution in [0.25, 0.3) is 0 Å². The number of hydrogen-bond acceptors (Lipinski definition) is 6. The number of nitrogens with one attached hydrogen (secondary N) is 1. The summed E-state index contributed by atoms with van der Waals surface area (Å²) in [5, 5.41) is 2.29. The summed E-state index contributed by atoms with van der Waals surface area (Å²) >= 11 is 7.57. The van der Waals surface area contributed by atoms with E-state index in [1.165, 1.54) is 29.0 Å². The maximum absolute atomic E-state index is 12.5. The molecule has 1 aliphatic rings. The molecule has 1 N–H and O–H groups in total. The highest BCUT2D eigenvalue weighted by Crippen LogP contribution is 2.32. The summed E-state index contributed by atoms with van der Waals surface area (Å²) in [4.78, 5) is 6.48. The minimum atomic E-state index is -3.75. The maximum atomic E-state index is 12.5. The highest BCUT2D eigenvalue weighted by molar-refractivity contribution is 7.93. The molecule has 2 heterocycles. The summed E-state index contributed by atoms with van der Waals surface area (Å²) in [5.41, 5.74) is 1.31. The van der Waals surface area contributed by atoms with Gasteiger partial charge in [0.25, 0.3) is 10.0 Å². The summed E-state index contributed by atoms with van der Waals surface area (Å²) in [7, 11) is -3.75. The minimum absolute atomic E-state index is 0.0487. The van der Waals surface area contributed by atoms with Crippen molar-refractivity contribution in [3.63, 3.8) is 0 Å². The number of aromatic nitrogens is 1. The van der Waals surface area contributed by atoms with Crippen LogP contribution in [-0.2, 0) is 10.0 Å². The van der Waals surface area contributed by atoms with E-state index in [0.717, 1.165) is 25.9 Å². The Morgan fingerprint density at radius 1 is 1.19 bits per heavy atom. The van der Waals surface area contributed by atoms with Gasteiger partial charge in [0.15, 0.2) is 5.13 Å². The lowest BCUT2D eigenvalue weighted by Gasteiger charge is -2.36. The van der Waals surface area contributed by atoms with E-state index in [4.69, 9.17) is 16.3 Å². The van der Waals surface area contributed by atoms with Crippen LogP contribution in [0.4, 0.5) is 5.13 Å². The average Bonchev–Trinajstić information content (AvgIpc) is 3.28. The molecule has 1 aliphatic heterocycles. The first-order valence-electron chi connectivity index (χ1n) is 10.1. The molecule has 0 aliphatic carbocycles. The van der Waals surface area contributed by atoms with Gasteiger partial charge in [0.2, 0.25) is 0 Å². The van der Waals surface area contributed by atoms with E-state index in [0.29, 0.717) is 16.9 Å². The van der Waals surface area contributed by atoms with Gasteiger partial charge in [0.1, 0.15) is 11.9 Å². The second kappa shape index (κ2) is 9.56. The van der Waals surface area contributed by atoms with Gasteiger partial charge in [0, 0.05) is 30.7 Å². The Balaban J connectivity index is 1.36. The van der Waals surface area contributed by atoms with Crippen LogP contribution in [0.1, 0.15) is 31.4 Å². The molecule has 0 saturated carbocycles. The fourth-order valence-electron chi connectivity index (χ4n) is 3.69. The maximum Gasteiger partial charge on any atom is 0.263 e. The normalized spacial score (nSPS) is 16.7. The Morgan fingerprint density at radius 3 is 2.58 bits per heavy atom. The molecule has 4 rings (SSSR count). The van der Waals surface area contributed by atoms with Gasteiger partial charge in [-0.3, -0.25) is 9.62 Å². The van der Waals surface area contributed by atoms with Crippen molar-refractivity contribution in [2.24, 2.45) is 0 Å². The zero-order chi connectivity index (χ0) is 21.8. The molecular weight excluding hydrogens is 454 g/mol. The molecule has 164 valence electrons. The van der Waals surface area contributed by atoms with Crippen LogP contribution in [0.2, 0.25) is 5.02 Å². The number of halogens is 1. The van der Waals surface area contributed by atoms with Crippen LogP contribution in [0, 0.1) is 0 Å². The van der Waals surface area contributed by atoms with Crippen LogP contribution in [-0.4, -0.2) is 37.5 Å². The topological polar surface area (TPSA) is 71.5 Å². The number of likely N-dealkylation sites (tertiary alicyclic amines) is 1. The van der Waals surface area contributed by atoms with E-state index in [2.05, 4.69) is 45.8 Å². The Morgan fingerprint density at radius 2 is 1.94 bits per heavy atom. The summed E-state index contributed by atoms with van der Waals surface area (Å²) in [6.45, 7) is 4.09. The number of nitrogens with zero attached hydrogens (tertiary/aromatic N) is 2. The molecule has 2 aromatic carbocycles. The zero-order valence-electron chi connectivity index (χ0n) is 17.1. The number of thiazole rings is 1. The van der Waals surface area contributed by atoms with E-state index in [-0.39, 0.29) is 16.0 Å². The van der Waals surface area contributed by atoms with Crippen molar-refractivity contribution in [3.05, 3.63) is 70.7 Å². The molecule has 0 radical (unpaired) electrons. The third kappa shape index (κ3) is 5.38. The van der Waals surface area contributed by atoms with Crippen molar-refractivity contribution in [1.29, 1.82) is 0 Å². The second-order valence-electron chi connectivity index (χ2n) is 7.47. The highest BCUT2D eigenvalue weighted by atomic mass is 35.5.